The Kier molecular flexibility index (Phi) is 6.98. The summed E-state index contributed by atoms with van der Waals surface area (Å²) in [5.74, 6) is 2.27. The van der Waals surface area contributed by atoms with Gasteiger partial charge in [-0.15, -0.1) is 0 Å². The monoisotopic (exact) mass is 572 g/mol. The maximum Gasteiger partial charge on any atom is 0.312 e. The number of para-hydroxylation sites is 1. The molecule has 216 valence electrons. The highest BCUT2D eigenvalue weighted by atomic mass is 16.5. The second-order valence-corrected chi connectivity index (χ2v) is 11.5. The van der Waals surface area contributed by atoms with E-state index in [4.69, 9.17) is 18.9 Å². The van der Waals surface area contributed by atoms with E-state index in [9.17, 15) is 9.59 Å². The van der Waals surface area contributed by atoms with Crippen molar-refractivity contribution in [1.82, 2.24) is 0 Å². The minimum absolute atomic E-state index is 0.113. The van der Waals surface area contributed by atoms with Gasteiger partial charge in [-0.1, -0.05) is 68.4 Å². The summed E-state index contributed by atoms with van der Waals surface area (Å²) in [5, 5.41) is 0. The van der Waals surface area contributed by atoms with Crippen molar-refractivity contribution in [2.24, 2.45) is 0 Å². The first-order valence-corrected chi connectivity index (χ1v) is 14.8. The molecule has 0 spiro atoms. The first-order valence-electron chi connectivity index (χ1n) is 14.8. The van der Waals surface area contributed by atoms with E-state index in [1.807, 2.05) is 42.5 Å². The first kappa shape index (κ1) is 27.0. The second-order valence-electron chi connectivity index (χ2n) is 11.5. The van der Waals surface area contributed by atoms with Crippen LogP contribution in [0.5, 0.6) is 23.0 Å². The van der Waals surface area contributed by atoms with E-state index >= 15 is 0 Å². The molecule has 0 radical (unpaired) electrons. The Bertz CT molecular complexity index is 1760. The average molecular weight is 573 g/mol. The Labute approximate surface area is 250 Å². The molecule has 0 amide bonds. The molecule has 4 aromatic carbocycles. The Morgan fingerprint density at radius 1 is 0.930 bits per heavy atom. The minimum Gasteiger partial charge on any atom is -0.493 e. The molecule has 0 aromatic heterocycles. The van der Waals surface area contributed by atoms with Gasteiger partial charge in [0.15, 0.2) is 5.76 Å². The summed E-state index contributed by atoms with van der Waals surface area (Å²) in [7, 11) is 0. The van der Waals surface area contributed by atoms with Crippen LogP contribution < -0.4 is 18.9 Å². The van der Waals surface area contributed by atoms with Gasteiger partial charge in [-0.3, -0.25) is 9.59 Å². The summed E-state index contributed by atoms with van der Waals surface area (Å²) in [6, 6.07) is 25.5. The summed E-state index contributed by atoms with van der Waals surface area (Å²) >= 11 is 0. The number of fused-ring (bicyclic) bond motifs is 4. The minimum atomic E-state index is -0.392. The molecule has 1 unspecified atom stereocenters. The molecule has 0 N–H and O–H groups in total. The van der Waals surface area contributed by atoms with Crippen LogP contribution in [0.15, 0.2) is 84.6 Å². The normalized spacial score (nSPS) is 17.7. The molecule has 3 aliphatic heterocycles. The lowest BCUT2D eigenvalue weighted by Gasteiger charge is -2.27. The van der Waals surface area contributed by atoms with Crippen molar-refractivity contribution in [3.8, 4) is 23.0 Å². The number of rotatable bonds is 7. The molecular weight excluding hydrogens is 540 g/mol. The average Bonchev–Trinajstić information content (AvgIpc) is 3.61. The van der Waals surface area contributed by atoms with Crippen LogP contribution in [0.2, 0.25) is 0 Å². The molecule has 3 heterocycles. The molecule has 0 saturated carbocycles. The molecule has 4 aromatic rings. The standard InChI is InChI=1S/C37H32O6/c1-22(2)25-10-7-23(8-11-25)20-33-36(39)28-12-14-32-35(37(28)43-33)29(21-34(38)42-32)27-5-3-4-6-31(27)41-17-15-24-9-13-30-26(19-24)16-18-40-30/h3-14,19-20,22,29H,15-18,21H2,1-2H3. The number of esters is 1. The van der Waals surface area contributed by atoms with Crippen molar-refractivity contribution < 1.29 is 28.5 Å². The van der Waals surface area contributed by atoms with Gasteiger partial charge >= 0.3 is 5.97 Å². The fourth-order valence-electron chi connectivity index (χ4n) is 6.07. The highest BCUT2D eigenvalue weighted by Gasteiger charge is 2.39. The lowest BCUT2D eigenvalue weighted by molar-refractivity contribution is -0.135. The molecule has 7 rings (SSSR count). The summed E-state index contributed by atoms with van der Waals surface area (Å²) in [4.78, 5) is 26.2. The number of ether oxygens (including phenoxy) is 4. The molecule has 0 aliphatic carbocycles. The zero-order valence-corrected chi connectivity index (χ0v) is 24.2. The van der Waals surface area contributed by atoms with Gasteiger partial charge in [-0.05, 0) is 58.5 Å². The number of hydrogen-bond donors (Lipinski definition) is 0. The van der Waals surface area contributed by atoms with Crippen LogP contribution in [0.25, 0.3) is 6.08 Å². The number of hydrogen-bond acceptors (Lipinski definition) is 6. The Hall–Kier alpha value is -4.84. The Morgan fingerprint density at radius 3 is 2.58 bits per heavy atom. The fraction of sp³-hybridized carbons (Fsp3) is 0.243. The zero-order chi connectivity index (χ0) is 29.5. The lowest BCUT2D eigenvalue weighted by atomic mass is 9.84. The number of benzene rings is 4. The topological polar surface area (TPSA) is 71.1 Å². The predicted octanol–water partition coefficient (Wildman–Crippen LogP) is 7.42. The third-order valence-corrected chi connectivity index (χ3v) is 8.38. The molecule has 6 nitrogen and oxygen atoms in total. The molecular formula is C37H32O6. The van der Waals surface area contributed by atoms with Gasteiger partial charge in [0.05, 0.1) is 25.2 Å². The van der Waals surface area contributed by atoms with Gasteiger partial charge < -0.3 is 18.9 Å². The molecule has 0 saturated heterocycles. The van der Waals surface area contributed by atoms with E-state index in [2.05, 4.69) is 38.1 Å². The van der Waals surface area contributed by atoms with Crippen LogP contribution in [-0.4, -0.2) is 25.0 Å². The maximum atomic E-state index is 13.4. The van der Waals surface area contributed by atoms with Gasteiger partial charge in [0.25, 0.3) is 0 Å². The molecule has 43 heavy (non-hydrogen) atoms. The van der Waals surface area contributed by atoms with Crippen LogP contribution in [0.1, 0.15) is 75.8 Å². The predicted molar refractivity (Wildman–Crippen MR) is 163 cm³/mol. The third-order valence-electron chi connectivity index (χ3n) is 8.38. The van der Waals surface area contributed by atoms with E-state index in [0.717, 1.165) is 36.3 Å². The van der Waals surface area contributed by atoms with E-state index in [-0.39, 0.29) is 23.9 Å². The quantitative estimate of drug-likeness (QED) is 0.130. The van der Waals surface area contributed by atoms with Crippen molar-refractivity contribution in [1.29, 1.82) is 0 Å². The second kappa shape index (κ2) is 11.1. The van der Waals surface area contributed by atoms with Crippen LogP contribution in [0.3, 0.4) is 0 Å². The number of ketones is 1. The van der Waals surface area contributed by atoms with Gasteiger partial charge in [0.1, 0.15) is 23.0 Å². The summed E-state index contributed by atoms with van der Waals surface area (Å²) in [5.41, 5.74) is 6.55. The number of carbonyl (C=O) groups is 2. The molecule has 0 fully saturated rings. The SMILES string of the molecule is CC(C)c1ccc(C=C2Oc3c(ccc4c3C(c3ccccc3OCCc3ccc5c(c3)CCO5)CC(=O)O4)C2=O)cc1. The first-order chi connectivity index (χ1) is 20.9. The lowest BCUT2D eigenvalue weighted by Crippen LogP contribution is -2.22. The van der Waals surface area contributed by atoms with Gasteiger partial charge in [-0.25, -0.2) is 0 Å². The van der Waals surface area contributed by atoms with Gasteiger partial charge in [0.2, 0.25) is 5.78 Å². The van der Waals surface area contributed by atoms with Crippen molar-refractivity contribution in [3.63, 3.8) is 0 Å². The van der Waals surface area contributed by atoms with Gasteiger partial charge in [-0.2, -0.15) is 0 Å². The van der Waals surface area contributed by atoms with Crippen LogP contribution in [0.4, 0.5) is 0 Å². The highest BCUT2D eigenvalue weighted by Crippen LogP contribution is 2.50. The van der Waals surface area contributed by atoms with Gasteiger partial charge in [0, 0.05) is 29.9 Å². The summed E-state index contributed by atoms with van der Waals surface area (Å²) < 4.78 is 23.9. The maximum absolute atomic E-state index is 13.4. The Balaban J connectivity index is 1.17. The van der Waals surface area contributed by atoms with Crippen molar-refractivity contribution in [2.75, 3.05) is 13.2 Å². The highest BCUT2D eigenvalue weighted by molar-refractivity contribution is 6.15. The summed E-state index contributed by atoms with van der Waals surface area (Å²) in [6.45, 7) is 5.50. The molecule has 0 bridgehead atoms. The van der Waals surface area contributed by atoms with Crippen molar-refractivity contribution in [3.05, 3.63) is 124 Å². The number of carbonyl (C=O) groups excluding carboxylic acids is 2. The van der Waals surface area contributed by atoms with Crippen molar-refractivity contribution in [2.45, 2.75) is 44.9 Å². The third kappa shape index (κ3) is 5.18. The molecule has 3 aliphatic rings. The van der Waals surface area contributed by atoms with E-state index in [0.29, 0.717) is 40.9 Å². The van der Waals surface area contributed by atoms with E-state index in [1.54, 1.807) is 18.2 Å². The fourth-order valence-corrected chi connectivity index (χ4v) is 6.07. The largest absolute Gasteiger partial charge is 0.493 e. The van der Waals surface area contributed by atoms with E-state index in [1.165, 1.54) is 16.7 Å². The van der Waals surface area contributed by atoms with Crippen LogP contribution >= 0.6 is 0 Å². The molecule has 1 atom stereocenters. The van der Waals surface area contributed by atoms with Crippen LogP contribution in [-0.2, 0) is 17.6 Å². The number of allylic oxidation sites excluding steroid dienone is 1. The molecule has 6 heteroatoms. The van der Waals surface area contributed by atoms with E-state index < -0.39 is 5.92 Å². The zero-order valence-electron chi connectivity index (χ0n) is 24.2. The number of Topliss-reactive ketones (excluding diaryl/α,β-unsaturated/α-hetero) is 1. The Morgan fingerprint density at radius 2 is 1.74 bits per heavy atom. The van der Waals surface area contributed by atoms with Crippen molar-refractivity contribution >= 4 is 17.8 Å². The summed E-state index contributed by atoms with van der Waals surface area (Å²) in [6.07, 6.45) is 3.55. The smallest absolute Gasteiger partial charge is 0.312 e. The van der Waals surface area contributed by atoms with Crippen LogP contribution in [0, 0.1) is 0 Å².